The van der Waals surface area contributed by atoms with Crippen LogP contribution in [0, 0.1) is 0 Å². The average molecular weight is 266 g/mol. The second-order valence-corrected chi connectivity index (χ2v) is 7.05. The predicted octanol–water partition coefficient (Wildman–Crippen LogP) is 3.49. The lowest BCUT2D eigenvalue weighted by Crippen LogP contribution is -2.54. The molecule has 2 nitrogen and oxygen atoms in total. The van der Waals surface area contributed by atoms with Crippen LogP contribution in [0.2, 0.25) is 0 Å². The molecule has 1 aliphatic rings. The number of nitrogens with one attached hydrogen (secondary N) is 1. The van der Waals surface area contributed by atoms with Crippen molar-refractivity contribution in [1.29, 1.82) is 0 Å². The second-order valence-electron chi connectivity index (χ2n) is 6.02. The molecule has 0 spiro atoms. The Bertz CT molecular complexity index is 339. The first-order valence-corrected chi connectivity index (χ1v) is 7.98. The van der Waals surface area contributed by atoms with Crippen molar-refractivity contribution >= 4 is 11.3 Å². The Kier molecular flexibility index (Phi) is 4.82. The molecule has 1 saturated heterocycles. The zero-order valence-electron chi connectivity index (χ0n) is 11.9. The van der Waals surface area contributed by atoms with E-state index in [1.165, 1.54) is 30.7 Å². The molecule has 0 aliphatic carbocycles. The van der Waals surface area contributed by atoms with Gasteiger partial charge in [0.05, 0.1) is 0 Å². The Hall–Kier alpha value is -0.380. The van der Waals surface area contributed by atoms with E-state index in [1.807, 2.05) is 11.3 Å². The van der Waals surface area contributed by atoms with Gasteiger partial charge in [-0.3, -0.25) is 4.90 Å². The van der Waals surface area contributed by atoms with Gasteiger partial charge >= 0.3 is 0 Å². The maximum atomic E-state index is 3.72. The first kappa shape index (κ1) is 14.0. The molecule has 0 aromatic carbocycles. The van der Waals surface area contributed by atoms with Crippen LogP contribution in [-0.2, 0) is 6.54 Å². The Balaban J connectivity index is 1.97. The molecule has 0 amide bonds. The van der Waals surface area contributed by atoms with Crippen LogP contribution in [0.5, 0.6) is 0 Å². The Labute approximate surface area is 115 Å². The third-order valence-corrected chi connectivity index (χ3v) is 4.79. The summed E-state index contributed by atoms with van der Waals surface area (Å²) >= 11 is 1.87. The van der Waals surface area contributed by atoms with Gasteiger partial charge in [-0.1, -0.05) is 12.5 Å². The highest BCUT2D eigenvalue weighted by atomic mass is 32.1. The summed E-state index contributed by atoms with van der Waals surface area (Å²) in [5.41, 5.74) is 0.305. The van der Waals surface area contributed by atoms with Crippen molar-refractivity contribution in [3.63, 3.8) is 0 Å². The molecule has 1 aliphatic heterocycles. The lowest BCUT2D eigenvalue weighted by Gasteiger charge is -2.40. The fraction of sp³-hybridized carbons (Fsp3) is 0.733. The summed E-state index contributed by atoms with van der Waals surface area (Å²) in [4.78, 5) is 4.08. The monoisotopic (exact) mass is 266 g/mol. The Morgan fingerprint density at radius 1 is 1.44 bits per heavy atom. The maximum absolute atomic E-state index is 3.72. The number of hydrogen-bond donors (Lipinski definition) is 1. The van der Waals surface area contributed by atoms with Gasteiger partial charge in [0.2, 0.25) is 0 Å². The number of piperidine rings is 1. The highest BCUT2D eigenvalue weighted by molar-refractivity contribution is 7.09. The summed E-state index contributed by atoms with van der Waals surface area (Å²) in [5.74, 6) is 0. The molecule has 1 aromatic heterocycles. The first-order valence-electron chi connectivity index (χ1n) is 7.10. The van der Waals surface area contributed by atoms with E-state index in [9.17, 15) is 0 Å². The molecule has 1 fully saturated rings. The number of thiophene rings is 1. The van der Waals surface area contributed by atoms with Crippen molar-refractivity contribution in [2.24, 2.45) is 0 Å². The van der Waals surface area contributed by atoms with Gasteiger partial charge in [-0.25, -0.2) is 0 Å². The molecule has 1 unspecified atom stereocenters. The first-order chi connectivity index (χ1) is 8.59. The molecular formula is C15H26N2S. The van der Waals surface area contributed by atoms with Crippen molar-refractivity contribution in [3.05, 3.63) is 22.4 Å². The molecule has 3 heteroatoms. The molecule has 1 aromatic rings. The van der Waals surface area contributed by atoms with E-state index < -0.39 is 0 Å². The van der Waals surface area contributed by atoms with Crippen molar-refractivity contribution in [2.75, 3.05) is 13.1 Å². The predicted molar refractivity (Wildman–Crippen MR) is 80.1 cm³/mol. The highest BCUT2D eigenvalue weighted by Crippen LogP contribution is 2.23. The van der Waals surface area contributed by atoms with Crippen molar-refractivity contribution in [2.45, 2.75) is 58.2 Å². The van der Waals surface area contributed by atoms with Gasteiger partial charge in [0.25, 0.3) is 0 Å². The fourth-order valence-corrected chi connectivity index (χ4v) is 3.46. The zero-order valence-corrected chi connectivity index (χ0v) is 12.7. The molecule has 1 N–H and O–H groups in total. The summed E-state index contributed by atoms with van der Waals surface area (Å²) in [7, 11) is 0. The normalized spacial score (nSPS) is 24.9. The number of hydrogen-bond acceptors (Lipinski definition) is 3. The highest BCUT2D eigenvalue weighted by Gasteiger charge is 2.29. The molecule has 2 heterocycles. The van der Waals surface area contributed by atoms with Gasteiger partial charge in [0.1, 0.15) is 0 Å². The SMILES string of the molecule is CC(C)N(Cc1cccs1)CC1(C)CCCCN1. The van der Waals surface area contributed by atoms with Crippen LogP contribution in [0.1, 0.15) is 44.9 Å². The van der Waals surface area contributed by atoms with Crippen LogP contribution in [0.25, 0.3) is 0 Å². The molecule has 0 radical (unpaired) electrons. The van der Waals surface area contributed by atoms with E-state index in [-0.39, 0.29) is 0 Å². The number of nitrogens with zero attached hydrogens (tertiary/aromatic N) is 1. The minimum absolute atomic E-state index is 0.305. The largest absolute Gasteiger partial charge is 0.310 e. The van der Waals surface area contributed by atoms with Crippen molar-refractivity contribution in [1.82, 2.24) is 10.2 Å². The Morgan fingerprint density at radius 3 is 2.83 bits per heavy atom. The summed E-state index contributed by atoms with van der Waals surface area (Å²) < 4.78 is 0. The van der Waals surface area contributed by atoms with E-state index in [4.69, 9.17) is 0 Å². The quantitative estimate of drug-likeness (QED) is 0.877. The smallest absolute Gasteiger partial charge is 0.0331 e. The summed E-state index contributed by atoms with van der Waals surface area (Å²) in [6.07, 6.45) is 4.01. The minimum Gasteiger partial charge on any atom is -0.310 e. The standard InChI is InChI=1S/C15H26N2S/c1-13(2)17(11-14-7-6-10-18-14)12-15(3)8-4-5-9-16-15/h6-7,10,13,16H,4-5,8-9,11-12H2,1-3H3. The third kappa shape index (κ3) is 3.81. The molecular weight excluding hydrogens is 240 g/mol. The third-order valence-electron chi connectivity index (χ3n) is 3.93. The van der Waals surface area contributed by atoms with Gasteiger partial charge in [0.15, 0.2) is 0 Å². The van der Waals surface area contributed by atoms with Gasteiger partial charge in [-0.15, -0.1) is 11.3 Å². The second kappa shape index (κ2) is 6.18. The summed E-state index contributed by atoms with van der Waals surface area (Å²) in [6.45, 7) is 10.4. The lowest BCUT2D eigenvalue weighted by atomic mass is 9.90. The van der Waals surface area contributed by atoms with E-state index >= 15 is 0 Å². The minimum atomic E-state index is 0.305. The lowest BCUT2D eigenvalue weighted by molar-refractivity contribution is 0.131. The van der Waals surface area contributed by atoms with Gasteiger partial charge in [-0.2, -0.15) is 0 Å². The zero-order chi connectivity index (χ0) is 13.0. The topological polar surface area (TPSA) is 15.3 Å². The molecule has 18 heavy (non-hydrogen) atoms. The van der Waals surface area contributed by atoms with E-state index in [2.05, 4.69) is 48.5 Å². The van der Waals surface area contributed by atoms with Crippen LogP contribution in [0.3, 0.4) is 0 Å². The van der Waals surface area contributed by atoms with Crippen LogP contribution in [-0.4, -0.2) is 29.6 Å². The van der Waals surface area contributed by atoms with Crippen molar-refractivity contribution < 1.29 is 0 Å². The van der Waals surface area contributed by atoms with Gasteiger partial charge in [-0.05, 0) is 51.6 Å². The van der Waals surface area contributed by atoms with E-state index in [0.29, 0.717) is 11.6 Å². The maximum Gasteiger partial charge on any atom is 0.0331 e. The fourth-order valence-electron chi connectivity index (χ4n) is 2.73. The molecule has 102 valence electrons. The van der Waals surface area contributed by atoms with Crippen LogP contribution in [0.4, 0.5) is 0 Å². The van der Waals surface area contributed by atoms with E-state index in [0.717, 1.165) is 13.1 Å². The molecule has 1 atom stereocenters. The van der Waals surface area contributed by atoms with Crippen LogP contribution in [0.15, 0.2) is 17.5 Å². The Morgan fingerprint density at radius 2 is 2.28 bits per heavy atom. The van der Waals surface area contributed by atoms with Gasteiger partial charge < -0.3 is 5.32 Å². The van der Waals surface area contributed by atoms with Crippen molar-refractivity contribution in [3.8, 4) is 0 Å². The molecule has 0 bridgehead atoms. The van der Waals surface area contributed by atoms with Crippen LogP contribution < -0.4 is 5.32 Å². The average Bonchev–Trinajstić information content (AvgIpc) is 2.81. The number of rotatable bonds is 5. The van der Waals surface area contributed by atoms with Gasteiger partial charge in [0, 0.05) is 29.5 Å². The molecule has 2 rings (SSSR count). The summed E-state index contributed by atoms with van der Waals surface area (Å²) in [5, 5.41) is 5.90. The van der Waals surface area contributed by atoms with Crippen LogP contribution >= 0.6 is 11.3 Å². The van der Waals surface area contributed by atoms with E-state index in [1.54, 1.807) is 0 Å². The summed E-state index contributed by atoms with van der Waals surface area (Å²) in [6, 6.07) is 5.00. The molecule has 0 saturated carbocycles.